The predicted molar refractivity (Wildman–Crippen MR) is 138 cm³/mol. The van der Waals surface area contributed by atoms with E-state index in [9.17, 15) is 13.2 Å². The van der Waals surface area contributed by atoms with Crippen LogP contribution in [0.15, 0.2) is 76.6 Å². The topological polar surface area (TPSA) is 147 Å². The monoisotopic (exact) mass is 489 g/mol. The summed E-state index contributed by atoms with van der Waals surface area (Å²) in [4.78, 5) is 17.1. The van der Waals surface area contributed by atoms with Crippen LogP contribution in [-0.4, -0.2) is 36.2 Å². The fourth-order valence-electron chi connectivity index (χ4n) is 4.79. The molecule has 1 fully saturated rings. The Morgan fingerprint density at radius 1 is 0.886 bits per heavy atom. The molecule has 9 heteroatoms. The SMILES string of the molecule is NC(=O)c1cc2ccc(C(N)=NC3CCC(N)CC3)cc2n1S(=O)(=O)c1cccc2ccccc12. The van der Waals surface area contributed by atoms with Crippen molar-refractivity contribution in [1.82, 2.24) is 3.97 Å². The van der Waals surface area contributed by atoms with Gasteiger partial charge in [-0.05, 0) is 49.3 Å². The van der Waals surface area contributed by atoms with Gasteiger partial charge in [-0.2, -0.15) is 0 Å². The lowest BCUT2D eigenvalue weighted by atomic mass is 9.92. The van der Waals surface area contributed by atoms with E-state index in [4.69, 9.17) is 17.2 Å². The molecule has 1 amide bonds. The van der Waals surface area contributed by atoms with Crippen LogP contribution in [0.2, 0.25) is 0 Å². The van der Waals surface area contributed by atoms with E-state index in [2.05, 4.69) is 4.99 Å². The number of rotatable bonds is 5. The molecule has 1 aliphatic carbocycles. The quantitative estimate of drug-likeness (QED) is 0.291. The van der Waals surface area contributed by atoms with Crippen LogP contribution in [0.1, 0.15) is 41.7 Å². The molecule has 0 unspecified atom stereocenters. The van der Waals surface area contributed by atoms with Crippen molar-refractivity contribution in [3.8, 4) is 0 Å². The Bertz CT molecular complexity index is 1580. The zero-order chi connectivity index (χ0) is 24.7. The van der Waals surface area contributed by atoms with E-state index in [-0.39, 0.29) is 22.7 Å². The van der Waals surface area contributed by atoms with Gasteiger partial charge in [0.05, 0.1) is 16.5 Å². The lowest BCUT2D eigenvalue weighted by molar-refractivity contribution is 0.0995. The molecule has 0 atom stereocenters. The highest BCUT2D eigenvalue weighted by Gasteiger charge is 2.27. The second-order valence-corrected chi connectivity index (χ2v) is 10.8. The Balaban J connectivity index is 1.67. The minimum absolute atomic E-state index is 0.0814. The third-order valence-electron chi connectivity index (χ3n) is 6.64. The van der Waals surface area contributed by atoms with Gasteiger partial charge in [0.1, 0.15) is 11.5 Å². The van der Waals surface area contributed by atoms with Crippen molar-refractivity contribution in [2.75, 3.05) is 0 Å². The number of amidine groups is 1. The average Bonchev–Trinajstić information content (AvgIpc) is 3.25. The number of primary amides is 1. The van der Waals surface area contributed by atoms with Crippen LogP contribution < -0.4 is 17.2 Å². The zero-order valence-corrected chi connectivity index (χ0v) is 19.9. The normalized spacial score (nSPS) is 19.3. The molecule has 0 bridgehead atoms. The summed E-state index contributed by atoms with van der Waals surface area (Å²) in [5.41, 5.74) is 18.7. The number of hydrogen-bond donors (Lipinski definition) is 3. The van der Waals surface area contributed by atoms with Crippen molar-refractivity contribution < 1.29 is 13.2 Å². The Morgan fingerprint density at radius 2 is 1.60 bits per heavy atom. The number of amides is 1. The third kappa shape index (κ3) is 4.17. The van der Waals surface area contributed by atoms with Gasteiger partial charge in [-0.15, -0.1) is 0 Å². The molecule has 1 heterocycles. The molecule has 0 radical (unpaired) electrons. The summed E-state index contributed by atoms with van der Waals surface area (Å²) in [6.45, 7) is 0. The first kappa shape index (κ1) is 23.1. The molecule has 5 rings (SSSR count). The largest absolute Gasteiger partial charge is 0.383 e. The van der Waals surface area contributed by atoms with Gasteiger partial charge in [0, 0.05) is 22.4 Å². The molecule has 8 nitrogen and oxygen atoms in total. The molecule has 0 aliphatic heterocycles. The number of benzene rings is 3. The summed E-state index contributed by atoms with van der Waals surface area (Å²) in [7, 11) is -4.18. The standard InChI is InChI=1S/C26H27N5O3S/c27-19-10-12-20(13-11-19)30-25(28)18-9-8-17-14-23(26(29)32)31(22(17)15-18)35(33,34)24-7-3-5-16-4-1-2-6-21(16)24/h1-9,14-15,19-20H,10-13,27H2,(H2,28,30)(H2,29,32). The van der Waals surface area contributed by atoms with Gasteiger partial charge in [-0.25, -0.2) is 12.4 Å². The van der Waals surface area contributed by atoms with Crippen molar-refractivity contribution in [2.45, 2.75) is 42.7 Å². The number of carbonyl (C=O) groups is 1. The van der Waals surface area contributed by atoms with Crippen LogP contribution in [0.3, 0.4) is 0 Å². The number of fused-ring (bicyclic) bond motifs is 2. The summed E-state index contributed by atoms with van der Waals surface area (Å²) in [6, 6.07) is 19.2. The molecule has 35 heavy (non-hydrogen) atoms. The number of hydrogen-bond acceptors (Lipinski definition) is 5. The van der Waals surface area contributed by atoms with Crippen LogP contribution >= 0.6 is 0 Å². The molecule has 180 valence electrons. The lowest BCUT2D eigenvalue weighted by Gasteiger charge is -2.23. The predicted octanol–water partition coefficient (Wildman–Crippen LogP) is 3.11. The molecular weight excluding hydrogens is 462 g/mol. The van der Waals surface area contributed by atoms with E-state index >= 15 is 0 Å². The molecule has 6 N–H and O–H groups in total. The summed E-state index contributed by atoms with van der Waals surface area (Å²) < 4.78 is 28.9. The summed E-state index contributed by atoms with van der Waals surface area (Å²) in [5, 5.41) is 1.89. The van der Waals surface area contributed by atoms with Crippen molar-refractivity contribution in [3.05, 3.63) is 78.0 Å². The molecular formula is C26H27N5O3S. The average molecular weight is 490 g/mol. The van der Waals surface area contributed by atoms with Crippen LogP contribution in [-0.2, 0) is 10.0 Å². The minimum atomic E-state index is -4.18. The van der Waals surface area contributed by atoms with Gasteiger partial charge in [-0.1, -0.05) is 48.5 Å². The van der Waals surface area contributed by atoms with E-state index in [1.54, 1.807) is 36.4 Å². The Labute approximate surface area is 203 Å². The van der Waals surface area contributed by atoms with Crippen LogP contribution in [0.4, 0.5) is 0 Å². The van der Waals surface area contributed by atoms with Crippen molar-refractivity contribution >= 4 is 43.4 Å². The molecule has 1 aromatic heterocycles. The summed E-state index contributed by atoms with van der Waals surface area (Å²) >= 11 is 0. The third-order valence-corrected chi connectivity index (χ3v) is 8.43. The van der Waals surface area contributed by atoms with Gasteiger partial charge in [0.15, 0.2) is 0 Å². The van der Waals surface area contributed by atoms with Crippen LogP contribution in [0, 0.1) is 0 Å². The molecule has 1 aliphatic rings. The first-order valence-corrected chi connectivity index (χ1v) is 13.0. The highest BCUT2D eigenvalue weighted by Crippen LogP contribution is 2.30. The van der Waals surface area contributed by atoms with Gasteiger partial charge in [0.2, 0.25) is 0 Å². The van der Waals surface area contributed by atoms with E-state index < -0.39 is 15.9 Å². The van der Waals surface area contributed by atoms with Crippen molar-refractivity contribution in [2.24, 2.45) is 22.2 Å². The fraction of sp³-hybridized carbons (Fsp3) is 0.231. The maximum Gasteiger partial charge on any atom is 0.269 e. The smallest absolute Gasteiger partial charge is 0.269 e. The summed E-state index contributed by atoms with van der Waals surface area (Å²) in [5.74, 6) is -0.518. The summed E-state index contributed by atoms with van der Waals surface area (Å²) in [6.07, 6.45) is 3.52. The number of aliphatic imine (C=N–C) groups is 1. The lowest BCUT2D eigenvalue weighted by Crippen LogP contribution is -2.29. The number of nitrogens with zero attached hydrogens (tertiary/aromatic N) is 2. The first-order valence-electron chi connectivity index (χ1n) is 11.5. The molecule has 0 spiro atoms. The number of nitrogens with two attached hydrogens (primary N) is 3. The minimum Gasteiger partial charge on any atom is -0.383 e. The molecule has 1 saturated carbocycles. The molecule has 4 aromatic rings. The van der Waals surface area contributed by atoms with E-state index in [1.165, 1.54) is 12.1 Å². The fourth-order valence-corrected chi connectivity index (χ4v) is 6.52. The van der Waals surface area contributed by atoms with Gasteiger partial charge < -0.3 is 17.2 Å². The maximum atomic E-state index is 14.0. The zero-order valence-electron chi connectivity index (χ0n) is 19.1. The van der Waals surface area contributed by atoms with E-state index in [0.717, 1.165) is 35.0 Å². The highest BCUT2D eigenvalue weighted by atomic mass is 32.2. The Kier molecular flexibility index (Phi) is 5.82. The second kappa shape index (κ2) is 8.83. The van der Waals surface area contributed by atoms with Crippen LogP contribution in [0.5, 0.6) is 0 Å². The van der Waals surface area contributed by atoms with Gasteiger partial charge in [-0.3, -0.25) is 9.79 Å². The number of aromatic nitrogens is 1. The Hall–Kier alpha value is -3.69. The maximum absolute atomic E-state index is 14.0. The highest BCUT2D eigenvalue weighted by molar-refractivity contribution is 7.90. The van der Waals surface area contributed by atoms with Gasteiger partial charge in [0.25, 0.3) is 15.9 Å². The molecule has 3 aromatic carbocycles. The van der Waals surface area contributed by atoms with Crippen molar-refractivity contribution in [3.63, 3.8) is 0 Å². The Morgan fingerprint density at radius 3 is 2.34 bits per heavy atom. The van der Waals surface area contributed by atoms with E-state index in [0.29, 0.717) is 27.7 Å². The van der Waals surface area contributed by atoms with Gasteiger partial charge >= 0.3 is 0 Å². The molecule has 0 saturated heterocycles. The van der Waals surface area contributed by atoms with Crippen molar-refractivity contribution in [1.29, 1.82) is 0 Å². The van der Waals surface area contributed by atoms with E-state index in [1.807, 2.05) is 18.2 Å². The number of carbonyl (C=O) groups excluding carboxylic acids is 1. The van der Waals surface area contributed by atoms with Crippen LogP contribution in [0.25, 0.3) is 21.7 Å². The second-order valence-electron chi connectivity index (χ2n) is 9.00. The first-order chi connectivity index (χ1) is 16.8.